The number of H-pyrrole nitrogens is 1. The van der Waals surface area contributed by atoms with E-state index < -0.39 is 46.5 Å². The molecule has 1 aromatic carbocycles. The van der Waals surface area contributed by atoms with Crippen molar-refractivity contribution in [3.63, 3.8) is 0 Å². The molecule has 6 nitrogen and oxygen atoms in total. The summed E-state index contributed by atoms with van der Waals surface area (Å²) in [5.74, 6) is -8.65. The Hall–Kier alpha value is -2.65. The molecule has 10 heteroatoms. The zero-order chi connectivity index (χ0) is 16.6. The highest BCUT2D eigenvalue weighted by molar-refractivity contribution is 5.94. The van der Waals surface area contributed by atoms with Gasteiger partial charge < -0.3 is 5.32 Å². The molecular weight excluding hydrogens is 308 g/mol. The van der Waals surface area contributed by atoms with Gasteiger partial charge >= 0.3 is 5.69 Å². The van der Waals surface area contributed by atoms with Crippen LogP contribution in [0.3, 0.4) is 0 Å². The zero-order valence-corrected chi connectivity index (χ0v) is 11.4. The molecule has 0 saturated heterocycles. The van der Waals surface area contributed by atoms with Crippen LogP contribution in [-0.4, -0.2) is 20.7 Å². The Labute approximate surface area is 120 Å². The van der Waals surface area contributed by atoms with E-state index in [1.54, 1.807) is 0 Å². The zero-order valence-electron chi connectivity index (χ0n) is 11.4. The van der Waals surface area contributed by atoms with Gasteiger partial charge in [-0.25, -0.2) is 27.5 Å². The molecule has 2 aromatic rings. The number of benzene rings is 1. The van der Waals surface area contributed by atoms with E-state index in [0.717, 1.165) is 4.57 Å². The maximum absolute atomic E-state index is 13.5. The summed E-state index contributed by atoms with van der Waals surface area (Å²) in [5.41, 5.74) is -1.54. The van der Waals surface area contributed by atoms with E-state index in [2.05, 4.69) is 15.5 Å². The molecule has 0 bridgehead atoms. The Balaban J connectivity index is 2.30. The number of carbonyl (C=O) groups excluding carboxylic acids is 1. The fraction of sp³-hybridized carbons (Fsp3) is 0.250. The van der Waals surface area contributed by atoms with Crippen molar-refractivity contribution in [2.24, 2.45) is 7.05 Å². The number of aromatic amines is 1. The lowest BCUT2D eigenvalue weighted by atomic mass is 10.1. The number of rotatable bonds is 3. The predicted molar refractivity (Wildman–Crippen MR) is 66.0 cm³/mol. The highest BCUT2D eigenvalue weighted by Crippen LogP contribution is 2.19. The third-order valence-corrected chi connectivity index (χ3v) is 3.00. The average Bonchev–Trinajstić information content (AvgIpc) is 2.80. The van der Waals surface area contributed by atoms with Crippen molar-refractivity contribution in [1.29, 1.82) is 0 Å². The molecule has 2 N–H and O–H groups in total. The molecule has 1 atom stereocenters. The van der Waals surface area contributed by atoms with E-state index in [-0.39, 0.29) is 11.9 Å². The fourth-order valence-corrected chi connectivity index (χ4v) is 1.82. The van der Waals surface area contributed by atoms with Crippen LogP contribution in [0.2, 0.25) is 0 Å². The van der Waals surface area contributed by atoms with Gasteiger partial charge in [-0.2, -0.15) is 5.10 Å². The molecule has 0 aliphatic rings. The van der Waals surface area contributed by atoms with Gasteiger partial charge in [-0.1, -0.05) is 0 Å². The SMILES string of the molecule is C[C@@H](NC(=O)c1cc(F)c(F)c(F)c1F)c1n[nH]c(=O)n1C. The minimum absolute atomic E-state index is 0.113. The molecule has 1 aromatic heterocycles. The number of halogens is 4. The highest BCUT2D eigenvalue weighted by Gasteiger charge is 2.25. The number of amides is 1. The second kappa shape index (κ2) is 5.62. The van der Waals surface area contributed by atoms with E-state index in [1.165, 1.54) is 14.0 Å². The lowest BCUT2D eigenvalue weighted by molar-refractivity contribution is 0.0931. The van der Waals surface area contributed by atoms with Crippen LogP contribution in [0.1, 0.15) is 29.1 Å². The number of carbonyl (C=O) groups is 1. The molecule has 0 saturated carbocycles. The van der Waals surface area contributed by atoms with Gasteiger partial charge in [0, 0.05) is 7.05 Å². The van der Waals surface area contributed by atoms with Crippen LogP contribution in [0.5, 0.6) is 0 Å². The number of hydrogen-bond donors (Lipinski definition) is 2. The van der Waals surface area contributed by atoms with E-state index in [0.29, 0.717) is 0 Å². The lowest BCUT2D eigenvalue weighted by Gasteiger charge is -2.13. The van der Waals surface area contributed by atoms with Crippen LogP contribution in [-0.2, 0) is 7.05 Å². The van der Waals surface area contributed by atoms with Crippen LogP contribution in [0.25, 0.3) is 0 Å². The maximum atomic E-state index is 13.5. The third kappa shape index (κ3) is 2.59. The van der Waals surface area contributed by atoms with Gasteiger partial charge in [0.15, 0.2) is 29.1 Å². The van der Waals surface area contributed by atoms with Crippen LogP contribution < -0.4 is 11.0 Å². The van der Waals surface area contributed by atoms with E-state index in [9.17, 15) is 27.2 Å². The summed E-state index contributed by atoms with van der Waals surface area (Å²) in [6.07, 6.45) is 0. The summed E-state index contributed by atoms with van der Waals surface area (Å²) in [5, 5.41) is 7.98. The van der Waals surface area contributed by atoms with Gasteiger partial charge in [0.25, 0.3) is 5.91 Å². The lowest BCUT2D eigenvalue weighted by Crippen LogP contribution is -2.30. The first-order chi connectivity index (χ1) is 10.2. The Morgan fingerprint density at radius 2 is 1.91 bits per heavy atom. The average molecular weight is 318 g/mol. The molecule has 0 unspecified atom stereocenters. The molecular formula is C12H10F4N4O2. The molecule has 0 fully saturated rings. The number of hydrogen-bond acceptors (Lipinski definition) is 3. The van der Waals surface area contributed by atoms with Gasteiger partial charge in [-0.3, -0.25) is 9.36 Å². The smallest absolute Gasteiger partial charge is 0.342 e. The van der Waals surface area contributed by atoms with Gasteiger partial charge in [0.2, 0.25) is 0 Å². The summed E-state index contributed by atoms with van der Waals surface area (Å²) in [7, 11) is 1.38. The van der Waals surface area contributed by atoms with Crippen molar-refractivity contribution in [2.75, 3.05) is 0 Å². The first kappa shape index (κ1) is 15.7. The quantitative estimate of drug-likeness (QED) is 0.506. The summed E-state index contributed by atoms with van der Waals surface area (Å²) < 4.78 is 53.6. The normalized spacial score (nSPS) is 12.3. The van der Waals surface area contributed by atoms with Crippen LogP contribution in [0, 0.1) is 23.3 Å². The molecule has 0 spiro atoms. The highest BCUT2D eigenvalue weighted by atomic mass is 19.2. The molecule has 2 rings (SSSR count). The first-order valence-electron chi connectivity index (χ1n) is 5.99. The third-order valence-electron chi connectivity index (χ3n) is 3.00. The Morgan fingerprint density at radius 1 is 1.27 bits per heavy atom. The van der Waals surface area contributed by atoms with Crippen LogP contribution >= 0.6 is 0 Å². The summed E-state index contributed by atoms with van der Waals surface area (Å²) in [4.78, 5) is 23.1. The Kier molecular flexibility index (Phi) is 4.02. The van der Waals surface area contributed by atoms with Crippen molar-refractivity contribution in [3.8, 4) is 0 Å². The molecule has 1 amide bonds. The summed E-state index contributed by atoms with van der Waals surface area (Å²) >= 11 is 0. The van der Waals surface area contributed by atoms with Crippen LogP contribution in [0.15, 0.2) is 10.9 Å². The maximum Gasteiger partial charge on any atom is 0.343 e. The second-order valence-electron chi connectivity index (χ2n) is 4.49. The second-order valence-corrected chi connectivity index (χ2v) is 4.49. The Morgan fingerprint density at radius 3 is 2.45 bits per heavy atom. The first-order valence-corrected chi connectivity index (χ1v) is 5.99. The number of nitrogens with one attached hydrogen (secondary N) is 2. The fourth-order valence-electron chi connectivity index (χ4n) is 1.82. The van der Waals surface area contributed by atoms with Crippen LogP contribution in [0.4, 0.5) is 17.6 Å². The van der Waals surface area contributed by atoms with Gasteiger partial charge in [0.05, 0.1) is 11.6 Å². The molecule has 0 aliphatic heterocycles. The summed E-state index contributed by atoms with van der Waals surface area (Å²) in [6.45, 7) is 1.42. The van der Waals surface area contributed by atoms with Crippen molar-refractivity contribution < 1.29 is 22.4 Å². The van der Waals surface area contributed by atoms with Crippen molar-refractivity contribution >= 4 is 5.91 Å². The monoisotopic (exact) mass is 318 g/mol. The largest absolute Gasteiger partial charge is 0.343 e. The molecule has 0 radical (unpaired) electrons. The van der Waals surface area contributed by atoms with Gasteiger partial charge in [0.1, 0.15) is 0 Å². The van der Waals surface area contributed by atoms with E-state index in [4.69, 9.17) is 0 Å². The number of nitrogens with zero attached hydrogens (tertiary/aromatic N) is 2. The molecule has 118 valence electrons. The number of aromatic nitrogens is 3. The van der Waals surface area contributed by atoms with Crippen molar-refractivity contribution in [3.05, 3.63) is 51.2 Å². The van der Waals surface area contributed by atoms with Gasteiger partial charge in [-0.15, -0.1) is 0 Å². The molecule has 22 heavy (non-hydrogen) atoms. The van der Waals surface area contributed by atoms with Gasteiger partial charge in [-0.05, 0) is 13.0 Å². The molecule has 0 aliphatic carbocycles. The van der Waals surface area contributed by atoms with E-state index >= 15 is 0 Å². The predicted octanol–water partition coefficient (Wildman–Crippen LogP) is 1.16. The van der Waals surface area contributed by atoms with E-state index in [1.807, 2.05) is 0 Å². The standard InChI is InChI=1S/C12H10F4N4O2/c1-4(10-18-19-12(22)20(10)2)17-11(21)5-3-6(13)8(15)9(16)7(5)14/h3-4H,1-2H3,(H,17,21)(H,19,22)/t4-/m1/s1. The van der Waals surface area contributed by atoms with Crippen molar-refractivity contribution in [2.45, 2.75) is 13.0 Å². The Bertz CT molecular complexity index is 799. The minimum atomic E-state index is -2.08. The minimum Gasteiger partial charge on any atom is -0.342 e. The topological polar surface area (TPSA) is 79.8 Å². The van der Waals surface area contributed by atoms with Crippen molar-refractivity contribution in [1.82, 2.24) is 20.1 Å². The molecule has 1 heterocycles. The summed E-state index contributed by atoms with van der Waals surface area (Å²) in [6, 6.07) is -0.619.